The maximum Gasteiger partial charge on any atom is 0.416 e. The molecule has 0 saturated heterocycles. The first-order chi connectivity index (χ1) is 12.8. The molecule has 0 atom stereocenters. The van der Waals surface area contributed by atoms with E-state index < -0.39 is 30.2 Å². The van der Waals surface area contributed by atoms with E-state index in [1.165, 1.54) is 12.1 Å². The molecule has 0 aliphatic rings. The SMILES string of the molecule is CCc1ccccc1NC(=O)CNC(=O)COc1cccc(C(F)(F)F)c1. The van der Waals surface area contributed by atoms with E-state index in [-0.39, 0.29) is 12.3 Å². The summed E-state index contributed by atoms with van der Waals surface area (Å²) in [6, 6.07) is 11.5. The third kappa shape index (κ3) is 6.32. The normalized spacial score (nSPS) is 11.0. The molecule has 2 rings (SSSR count). The summed E-state index contributed by atoms with van der Waals surface area (Å²) in [6.07, 6.45) is -3.75. The first kappa shape index (κ1) is 20.3. The van der Waals surface area contributed by atoms with Crippen molar-refractivity contribution in [2.24, 2.45) is 0 Å². The second-order valence-electron chi connectivity index (χ2n) is 5.65. The van der Waals surface area contributed by atoms with Crippen LogP contribution < -0.4 is 15.4 Å². The number of halogens is 3. The molecule has 8 heteroatoms. The molecule has 5 nitrogen and oxygen atoms in total. The number of hydrogen-bond acceptors (Lipinski definition) is 3. The molecule has 0 aliphatic heterocycles. The number of hydrogen-bond donors (Lipinski definition) is 2. The molecular weight excluding hydrogens is 361 g/mol. The molecule has 2 aromatic rings. The van der Waals surface area contributed by atoms with Crippen molar-refractivity contribution in [1.82, 2.24) is 5.32 Å². The van der Waals surface area contributed by atoms with Crippen LogP contribution in [0, 0.1) is 0 Å². The molecule has 2 N–H and O–H groups in total. The number of anilines is 1. The standard InChI is InChI=1S/C19H19F3N2O3/c1-2-13-6-3-4-9-16(13)24-17(25)11-23-18(26)12-27-15-8-5-7-14(10-15)19(20,21)22/h3-10H,2,11-12H2,1H3,(H,23,26)(H,24,25). The van der Waals surface area contributed by atoms with Crippen molar-refractivity contribution in [3.05, 3.63) is 59.7 Å². The predicted octanol–water partition coefficient (Wildman–Crippen LogP) is 3.40. The molecular formula is C19H19F3N2O3. The zero-order valence-corrected chi connectivity index (χ0v) is 14.6. The van der Waals surface area contributed by atoms with Gasteiger partial charge in [-0.15, -0.1) is 0 Å². The van der Waals surface area contributed by atoms with Crippen molar-refractivity contribution >= 4 is 17.5 Å². The number of carbonyl (C=O) groups is 2. The molecule has 0 saturated carbocycles. The van der Waals surface area contributed by atoms with Gasteiger partial charge in [-0.3, -0.25) is 9.59 Å². The van der Waals surface area contributed by atoms with Crippen molar-refractivity contribution in [2.45, 2.75) is 19.5 Å². The molecule has 2 amide bonds. The minimum atomic E-state index is -4.49. The summed E-state index contributed by atoms with van der Waals surface area (Å²) < 4.78 is 42.9. The van der Waals surface area contributed by atoms with Gasteiger partial charge in [-0.05, 0) is 36.2 Å². The van der Waals surface area contributed by atoms with E-state index in [4.69, 9.17) is 4.74 Å². The molecule has 0 aromatic heterocycles. The highest BCUT2D eigenvalue weighted by Crippen LogP contribution is 2.31. The molecule has 0 heterocycles. The van der Waals surface area contributed by atoms with Crippen molar-refractivity contribution in [1.29, 1.82) is 0 Å². The topological polar surface area (TPSA) is 67.4 Å². The van der Waals surface area contributed by atoms with Crippen molar-refractivity contribution < 1.29 is 27.5 Å². The lowest BCUT2D eigenvalue weighted by atomic mass is 10.1. The van der Waals surface area contributed by atoms with Gasteiger partial charge in [0.2, 0.25) is 5.91 Å². The van der Waals surface area contributed by atoms with Gasteiger partial charge in [-0.1, -0.05) is 31.2 Å². The Morgan fingerprint density at radius 3 is 2.48 bits per heavy atom. The van der Waals surface area contributed by atoms with E-state index in [0.29, 0.717) is 5.69 Å². The first-order valence-electron chi connectivity index (χ1n) is 8.24. The van der Waals surface area contributed by atoms with Crippen molar-refractivity contribution in [3.63, 3.8) is 0 Å². The van der Waals surface area contributed by atoms with Gasteiger partial charge in [0.05, 0.1) is 12.1 Å². The monoisotopic (exact) mass is 380 g/mol. The van der Waals surface area contributed by atoms with Gasteiger partial charge >= 0.3 is 6.18 Å². The first-order valence-corrected chi connectivity index (χ1v) is 8.24. The molecule has 0 aliphatic carbocycles. The summed E-state index contributed by atoms with van der Waals surface area (Å²) in [5.74, 6) is -1.11. The number of para-hydroxylation sites is 1. The number of carbonyl (C=O) groups excluding carboxylic acids is 2. The Morgan fingerprint density at radius 2 is 1.78 bits per heavy atom. The summed E-state index contributed by atoms with van der Waals surface area (Å²) in [5.41, 5.74) is 0.763. The molecule has 0 unspecified atom stereocenters. The lowest BCUT2D eigenvalue weighted by Crippen LogP contribution is -2.35. The maximum atomic E-state index is 12.6. The van der Waals surface area contributed by atoms with Crippen LogP contribution >= 0.6 is 0 Å². The van der Waals surface area contributed by atoms with Crippen LogP contribution in [0.15, 0.2) is 48.5 Å². The van der Waals surface area contributed by atoms with Crippen molar-refractivity contribution in [3.8, 4) is 5.75 Å². The Bertz CT molecular complexity index is 807. The molecule has 0 radical (unpaired) electrons. The smallest absolute Gasteiger partial charge is 0.416 e. The fourth-order valence-electron chi connectivity index (χ4n) is 2.29. The van der Waals surface area contributed by atoms with E-state index in [0.717, 1.165) is 24.1 Å². The number of alkyl halides is 3. The second kappa shape index (κ2) is 9.07. The number of aryl methyl sites for hydroxylation is 1. The molecule has 0 bridgehead atoms. The van der Waals surface area contributed by atoms with Gasteiger partial charge in [0.15, 0.2) is 6.61 Å². The third-order valence-electron chi connectivity index (χ3n) is 3.65. The zero-order chi connectivity index (χ0) is 19.9. The molecule has 2 aromatic carbocycles. The Morgan fingerprint density at radius 1 is 1.04 bits per heavy atom. The van der Waals surface area contributed by atoms with E-state index in [2.05, 4.69) is 10.6 Å². The predicted molar refractivity (Wildman–Crippen MR) is 94.4 cm³/mol. The van der Waals surface area contributed by atoms with Gasteiger partial charge in [-0.2, -0.15) is 13.2 Å². The number of benzene rings is 2. The average Bonchev–Trinajstić information content (AvgIpc) is 2.64. The lowest BCUT2D eigenvalue weighted by Gasteiger charge is -2.11. The van der Waals surface area contributed by atoms with Gasteiger partial charge < -0.3 is 15.4 Å². The van der Waals surface area contributed by atoms with Crippen LogP contribution in [0.4, 0.5) is 18.9 Å². The lowest BCUT2D eigenvalue weighted by molar-refractivity contribution is -0.137. The fraction of sp³-hybridized carbons (Fsp3) is 0.263. The van der Waals surface area contributed by atoms with E-state index in [9.17, 15) is 22.8 Å². The highest BCUT2D eigenvalue weighted by molar-refractivity contribution is 5.95. The van der Waals surface area contributed by atoms with Gasteiger partial charge in [0.1, 0.15) is 5.75 Å². The fourth-order valence-corrected chi connectivity index (χ4v) is 2.29. The van der Waals surface area contributed by atoms with Gasteiger partial charge in [0, 0.05) is 5.69 Å². The van der Waals surface area contributed by atoms with Crippen molar-refractivity contribution in [2.75, 3.05) is 18.5 Å². The molecule has 144 valence electrons. The summed E-state index contributed by atoms with van der Waals surface area (Å²) in [6.45, 7) is 1.18. The Hall–Kier alpha value is -3.03. The van der Waals surface area contributed by atoms with Crippen LogP contribution in [0.3, 0.4) is 0 Å². The van der Waals surface area contributed by atoms with Crippen LogP contribution in [0.2, 0.25) is 0 Å². The average molecular weight is 380 g/mol. The molecule has 27 heavy (non-hydrogen) atoms. The minimum absolute atomic E-state index is 0.0821. The number of rotatable bonds is 7. The molecule has 0 fully saturated rings. The minimum Gasteiger partial charge on any atom is -0.484 e. The Balaban J connectivity index is 1.80. The highest BCUT2D eigenvalue weighted by Gasteiger charge is 2.30. The van der Waals surface area contributed by atoms with Crippen LogP contribution in [0.5, 0.6) is 5.75 Å². The largest absolute Gasteiger partial charge is 0.484 e. The number of amides is 2. The quantitative estimate of drug-likeness (QED) is 0.774. The van der Waals surface area contributed by atoms with E-state index >= 15 is 0 Å². The highest BCUT2D eigenvalue weighted by atomic mass is 19.4. The van der Waals surface area contributed by atoms with Crippen LogP contribution in [-0.2, 0) is 22.2 Å². The van der Waals surface area contributed by atoms with Gasteiger partial charge in [-0.25, -0.2) is 0 Å². The van der Waals surface area contributed by atoms with Crippen LogP contribution in [0.25, 0.3) is 0 Å². The number of ether oxygens (including phenoxy) is 1. The zero-order valence-electron chi connectivity index (χ0n) is 14.6. The third-order valence-corrected chi connectivity index (χ3v) is 3.65. The molecule has 0 spiro atoms. The van der Waals surface area contributed by atoms with Crippen LogP contribution in [0.1, 0.15) is 18.1 Å². The van der Waals surface area contributed by atoms with E-state index in [1.54, 1.807) is 12.1 Å². The maximum absolute atomic E-state index is 12.6. The summed E-state index contributed by atoms with van der Waals surface area (Å²) >= 11 is 0. The summed E-state index contributed by atoms with van der Waals surface area (Å²) in [4.78, 5) is 23.7. The Kier molecular flexibility index (Phi) is 6.81. The van der Waals surface area contributed by atoms with Crippen LogP contribution in [-0.4, -0.2) is 25.0 Å². The summed E-state index contributed by atoms with van der Waals surface area (Å²) in [7, 11) is 0. The number of nitrogens with one attached hydrogen (secondary N) is 2. The van der Waals surface area contributed by atoms with Gasteiger partial charge in [0.25, 0.3) is 5.91 Å². The Labute approximate surface area is 154 Å². The summed E-state index contributed by atoms with van der Waals surface area (Å²) in [5, 5.41) is 5.05. The van der Waals surface area contributed by atoms with E-state index in [1.807, 2.05) is 19.1 Å². The second-order valence-corrected chi connectivity index (χ2v) is 5.65.